The van der Waals surface area contributed by atoms with E-state index in [9.17, 15) is 0 Å². The minimum absolute atomic E-state index is 0.447. The second-order valence-electron chi connectivity index (χ2n) is 4.91. The van der Waals surface area contributed by atoms with Crippen LogP contribution in [0.5, 0.6) is 0 Å². The van der Waals surface area contributed by atoms with Gasteiger partial charge in [-0.05, 0) is 54.0 Å². The smallest absolute Gasteiger partial charge is 0.134 e. The third-order valence-electron chi connectivity index (χ3n) is 3.58. The number of pyridine rings is 1. The van der Waals surface area contributed by atoms with Crippen molar-refractivity contribution in [1.82, 2.24) is 10.3 Å². The van der Waals surface area contributed by atoms with Crippen molar-refractivity contribution < 1.29 is 0 Å². The summed E-state index contributed by atoms with van der Waals surface area (Å²) < 4.78 is 0.857. The number of hydrogen-bond acceptors (Lipinski definition) is 3. The summed E-state index contributed by atoms with van der Waals surface area (Å²) in [7, 11) is 0. The molecule has 1 aliphatic heterocycles. The maximum absolute atomic E-state index is 6.32. The zero-order chi connectivity index (χ0) is 14.1. The highest BCUT2D eigenvalue weighted by atomic mass is 79.9. The van der Waals surface area contributed by atoms with Crippen LogP contribution in [0.2, 0.25) is 10.0 Å². The van der Waals surface area contributed by atoms with Gasteiger partial charge in [-0.15, -0.1) is 0 Å². The van der Waals surface area contributed by atoms with Gasteiger partial charge in [0.15, 0.2) is 0 Å². The van der Waals surface area contributed by atoms with E-state index in [2.05, 4.69) is 31.5 Å². The lowest BCUT2D eigenvalue weighted by molar-refractivity contribution is 0.478. The summed E-state index contributed by atoms with van der Waals surface area (Å²) in [6.45, 7) is 2.08. The van der Waals surface area contributed by atoms with Gasteiger partial charge in [0.1, 0.15) is 5.82 Å². The third-order valence-corrected chi connectivity index (χ3v) is 4.98. The van der Waals surface area contributed by atoms with Crippen molar-refractivity contribution in [2.75, 3.05) is 18.4 Å². The summed E-state index contributed by atoms with van der Waals surface area (Å²) in [6.07, 6.45) is 3.97. The Morgan fingerprint density at radius 2 is 2.00 bits per heavy atom. The molecule has 106 valence electrons. The number of anilines is 1. The zero-order valence-electron chi connectivity index (χ0n) is 10.7. The van der Waals surface area contributed by atoms with Gasteiger partial charge in [0, 0.05) is 27.5 Å². The Kier molecular flexibility index (Phi) is 4.36. The van der Waals surface area contributed by atoms with Crippen LogP contribution >= 0.6 is 39.1 Å². The molecule has 1 aromatic heterocycles. The van der Waals surface area contributed by atoms with Crippen LogP contribution < -0.4 is 10.6 Å². The van der Waals surface area contributed by atoms with Crippen molar-refractivity contribution in [3.8, 4) is 0 Å². The van der Waals surface area contributed by atoms with Gasteiger partial charge in [0.05, 0.1) is 10.0 Å². The van der Waals surface area contributed by atoms with Crippen LogP contribution in [0.15, 0.2) is 22.8 Å². The first kappa shape index (κ1) is 14.4. The Labute approximate surface area is 136 Å². The molecule has 2 aromatic rings. The third kappa shape index (κ3) is 2.75. The number of halogens is 3. The second-order valence-corrected chi connectivity index (χ2v) is 6.55. The average Bonchev–Trinajstić information content (AvgIpc) is 2.46. The van der Waals surface area contributed by atoms with Crippen LogP contribution in [-0.2, 0) is 0 Å². The molecule has 2 N–H and O–H groups in total. The van der Waals surface area contributed by atoms with E-state index < -0.39 is 0 Å². The number of hydrogen-bond donors (Lipinski definition) is 2. The second kappa shape index (κ2) is 6.06. The highest BCUT2D eigenvalue weighted by Gasteiger charge is 2.16. The van der Waals surface area contributed by atoms with Crippen LogP contribution in [0.25, 0.3) is 10.8 Å². The molecule has 0 bridgehead atoms. The summed E-state index contributed by atoms with van der Waals surface area (Å²) in [5.74, 6) is 0.869. The topological polar surface area (TPSA) is 37.0 Å². The standard InChI is InChI=1S/C14H14BrCl2N3/c15-10-7-19-14(20-8-3-5-18-6-4-8)9-1-2-11(16)13(17)12(9)10/h1-2,7-8,18H,3-6H2,(H,19,20). The number of rotatable bonds is 2. The maximum Gasteiger partial charge on any atom is 0.134 e. The lowest BCUT2D eigenvalue weighted by atomic mass is 10.1. The molecule has 0 radical (unpaired) electrons. The van der Waals surface area contributed by atoms with Gasteiger partial charge in [0.2, 0.25) is 0 Å². The van der Waals surface area contributed by atoms with Crippen LogP contribution in [-0.4, -0.2) is 24.1 Å². The number of fused-ring (bicyclic) bond motifs is 1. The Morgan fingerprint density at radius 1 is 1.25 bits per heavy atom. The molecule has 0 atom stereocenters. The minimum atomic E-state index is 0.447. The van der Waals surface area contributed by atoms with Gasteiger partial charge in [-0.2, -0.15) is 0 Å². The molecule has 20 heavy (non-hydrogen) atoms. The molecular weight excluding hydrogens is 361 g/mol. The first-order valence-electron chi connectivity index (χ1n) is 6.56. The van der Waals surface area contributed by atoms with Gasteiger partial charge >= 0.3 is 0 Å². The van der Waals surface area contributed by atoms with E-state index in [0.29, 0.717) is 16.1 Å². The van der Waals surface area contributed by atoms with E-state index in [0.717, 1.165) is 47.0 Å². The quantitative estimate of drug-likeness (QED) is 0.814. The number of piperidine rings is 1. The Bertz CT molecular complexity index is 642. The fraction of sp³-hybridized carbons (Fsp3) is 0.357. The molecule has 1 aromatic carbocycles. The van der Waals surface area contributed by atoms with Crippen LogP contribution in [0.4, 0.5) is 5.82 Å². The van der Waals surface area contributed by atoms with Crippen molar-refractivity contribution in [1.29, 1.82) is 0 Å². The van der Waals surface area contributed by atoms with Gasteiger partial charge in [-0.1, -0.05) is 23.2 Å². The van der Waals surface area contributed by atoms with Crippen LogP contribution in [0.1, 0.15) is 12.8 Å². The predicted molar refractivity (Wildman–Crippen MR) is 89.0 cm³/mol. The Balaban J connectivity index is 2.03. The predicted octanol–water partition coefficient (Wildman–Crippen LogP) is 4.47. The summed E-state index contributed by atoms with van der Waals surface area (Å²) in [5.41, 5.74) is 0. The van der Waals surface area contributed by atoms with Crippen LogP contribution in [0, 0.1) is 0 Å². The number of nitrogens with one attached hydrogen (secondary N) is 2. The lowest BCUT2D eigenvalue weighted by Crippen LogP contribution is -2.35. The fourth-order valence-corrected chi connectivity index (χ4v) is 3.56. The van der Waals surface area contributed by atoms with Gasteiger partial charge < -0.3 is 10.6 Å². The summed E-state index contributed by atoms with van der Waals surface area (Å²) in [5, 5.41) is 9.90. The number of aromatic nitrogens is 1. The molecule has 6 heteroatoms. The number of benzene rings is 1. The number of nitrogens with zero attached hydrogens (tertiary/aromatic N) is 1. The van der Waals surface area contributed by atoms with Gasteiger partial charge in [-0.3, -0.25) is 0 Å². The molecular formula is C14H14BrCl2N3. The molecule has 3 nitrogen and oxygen atoms in total. The van der Waals surface area contributed by atoms with Crippen molar-refractivity contribution in [3.63, 3.8) is 0 Å². The van der Waals surface area contributed by atoms with E-state index in [1.165, 1.54) is 0 Å². The summed E-state index contributed by atoms with van der Waals surface area (Å²) in [4.78, 5) is 4.49. The monoisotopic (exact) mass is 373 g/mol. The average molecular weight is 375 g/mol. The van der Waals surface area contributed by atoms with E-state index >= 15 is 0 Å². The largest absolute Gasteiger partial charge is 0.367 e. The van der Waals surface area contributed by atoms with E-state index in [4.69, 9.17) is 23.2 Å². The summed E-state index contributed by atoms with van der Waals surface area (Å²) in [6, 6.07) is 4.22. The molecule has 0 spiro atoms. The molecule has 1 saturated heterocycles. The molecule has 2 heterocycles. The van der Waals surface area contributed by atoms with E-state index in [-0.39, 0.29) is 0 Å². The van der Waals surface area contributed by atoms with Gasteiger partial charge in [0.25, 0.3) is 0 Å². The van der Waals surface area contributed by atoms with E-state index in [1.54, 1.807) is 6.20 Å². The van der Waals surface area contributed by atoms with E-state index in [1.807, 2.05) is 12.1 Å². The van der Waals surface area contributed by atoms with Crippen molar-refractivity contribution >= 4 is 55.7 Å². The maximum atomic E-state index is 6.32. The molecule has 0 amide bonds. The molecule has 1 aliphatic rings. The highest BCUT2D eigenvalue weighted by molar-refractivity contribution is 9.10. The highest BCUT2D eigenvalue weighted by Crippen LogP contribution is 2.38. The SMILES string of the molecule is Clc1ccc2c(NC3CCNCC3)ncc(Br)c2c1Cl. The van der Waals surface area contributed by atoms with Crippen molar-refractivity contribution in [2.45, 2.75) is 18.9 Å². The van der Waals surface area contributed by atoms with Gasteiger partial charge in [-0.25, -0.2) is 4.98 Å². The van der Waals surface area contributed by atoms with Crippen LogP contribution in [0.3, 0.4) is 0 Å². The Morgan fingerprint density at radius 3 is 2.75 bits per heavy atom. The fourth-order valence-electron chi connectivity index (χ4n) is 2.51. The van der Waals surface area contributed by atoms with Crippen molar-refractivity contribution in [2.24, 2.45) is 0 Å². The van der Waals surface area contributed by atoms with Crippen molar-refractivity contribution in [3.05, 3.63) is 32.8 Å². The first-order chi connectivity index (χ1) is 9.66. The Hall–Kier alpha value is -0.550. The first-order valence-corrected chi connectivity index (χ1v) is 8.11. The zero-order valence-corrected chi connectivity index (χ0v) is 13.8. The minimum Gasteiger partial charge on any atom is -0.367 e. The lowest BCUT2D eigenvalue weighted by Gasteiger charge is -2.25. The molecule has 1 fully saturated rings. The molecule has 0 aliphatic carbocycles. The normalized spacial score (nSPS) is 16.6. The summed E-state index contributed by atoms with van der Waals surface area (Å²) >= 11 is 15.9. The molecule has 0 saturated carbocycles. The molecule has 0 unspecified atom stereocenters. The molecule has 3 rings (SSSR count).